The summed E-state index contributed by atoms with van der Waals surface area (Å²) in [5, 5.41) is 13.2. The molecule has 2 atom stereocenters. The van der Waals surface area contributed by atoms with Crippen molar-refractivity contribution in [1.82, 2.24) is 9.97 Å². The number of hydrogen-bond acceptors (Lipinski definition) is 6. The highest BCUT2D eigenvalue weighted by molar-refractivity contribution is 9.10. The molecule has 1 aliphatic carbocycles. The number of halogens is 1. The number of aromatic nitrogens is 2. The summed E-state index contributed by atoms with van der Waals surface area (Å²) < 4.78 is 0.684. The number of nitrogen functional groups attached to an aromatic ring is 1. The van der Waals surface area contributed by atoms with Crippen LogP contribution >= 0.6 is 15.9 Å². The number of nitrogens with one attached hydrogen (secondary N) is 2. The van der Waals surface area contributed by atoms with Gasteiger partial charge in [0, 0.05) is 0 Å². The standard InChI is InChI=1S/C12H20BrN5O/c1-8-3-2-4-12(5-8,6-19)17-10-9(13)11(18-14)16-7-15-10/h7-8,19H,2-6,14H2,1H3,(H2,15,16,17,18). The first-order valence-electron chi connectivity index (χ1n) is 6.46. The van der Waals surface area contributed by atoms with Gasteiger partial charge in [-0.15, -0.1) is 0 Å². The van der Waals surface area contributed by atoms with E-state index in [1.807, 2.05) is 0 Å². The maximum atomic E-state index is 9.78. The molecule has 2 rings (SSSR count). The van der Waals surface area contributed by atoms with Gasteiger partial charge in [0.05, 0.1) is 12.1 Å². The first-order chi connectivity index (χ1) is 9.10. The third kappa shape index (κ3) is 3.16. The zero-order valence-electron chi connectivity index (χ0n) is 11.0. The van der Waals surface area contributed by atoms with Crippen LogP contribution in [0.4, 0.5) is 11.6 Å². The van der Waals surface area contributed by atoms with Crippen LogP contribution in [-0.4, -0.2) is 27.2 Å². The van der Waals surface area contributed by atoms with Gasteiger partial charge in [-0.3, -0.25) is 0 Å². The summed E-state index contributed by atoms with van der Waals surface area (Å²) in [5.41, 5.74) is 2.21. The summed E-state index contributed by atoms with van der Waals surface area (Å²) in [7, 11) is 0. The van der Waals surface area contributed by atoms with Crippen LogP contribution in [0.1, 0.15) is 32.6 Å². The van der Waals surface area contributed by atoms with Gasteiger partial charge in [0.2, 0.25) is 0 Å². The summed E-state index contributed by atoms with van der Waals surface area (Å²) in [4.78, 5) is 8.24. The first kappa shape index (κ1) is 14.5. The van der Waals surface area contributed by atoms with Gasteiger partial charge in [-0.2, -0.15) is 0 Å². The predicted molar refractivity (Wildman–Crippen MR) is 78.6 cm³/mol. The normalized spacial score (nSPS) is 27.1. The predicted octanol–water partition coefficient (Wildman–Crippen LogP) is 1.88. The van der Waals surface area contributed by atoms with Crippen molar-refractivity contribution in [2.45, 2.75) is 38.1 Å². The van der Waals surface area contributed by atoms with Crippen molar-refractivity contribution in [1.29, 1.82) is 0 Å². The van der Waals surface area contributed by atoms with Gasteiger partial charge in [-0.25, -0.2) is 15.8 Å². The molecule has 7 heteroatoms. The van der Waals surface area contributed by atoms with E-state index in [0.29, 0.717) is 22.0 Å². The van der Waals surface area contributed by atoms with Crippen molar-refractivity contribution < 1.29 is 5.11 Å². The van der Waals surface area contributed by atoms with E-state index in [1.165, 1.54) is 12.7 Å². The molecule has 0 amide bonds. The lowest BCUT2D eigenvalue weighted by Gasteiger charge is -2.40. The fourth-order valence-electron chi connectivity index (χ4n) is 2.77. The fourth-order valence-corrected chi connectivity index (χ4v) is 3.18. The topological polar surface area (TPSA) is 96.1 Å². The molecular formula is C12H20BrN5O. The SMILES string of the molecule is CC1CCCC(CO)(Nc2ncnc(NN)c2Br)C1. The Morgan fingerprint density at radius 2 is 2.26 bits per heavy atom. The number of rotatable bonds is 4. The third-order valence-corrected chi connectivity index (χ3v) is 4.46. The van der Waals surface area contributed by atoms with Gasteiger partial charge in [0.1, 0.15) is 16.6 Å². The molecule has 0 spiro atoms. The average molecular weight is 330 g/mol. The second kappa shape index (κ2) is 6.02. The van der Waals surface area contributed by atoms with Gasteiger partial charge < -0.3 is 15.8 Å². The molecule has 1 fully saturated rings. The summed E-state index contributed by atoms with van der Waals surface area (Å²) >= 11 is 3.43. The van der Waals surface area contributed by atoms with Crippen molar-refractivity contribution in [3.8, 4) is 0 Å². The minimum absolute atomic E-state index is 0.0964. The van der Waals surface area contributed by atoms with E-state index >= 15 is 0 Å². The zero-order valence-corrected chi connectivity index (χ0v) is 12.6. The highest BCUT2D eigenvalue weighted by Crippen LogP contribution is 2.36. The van der Waals surface area contributed by atoms with Gasteiger partial charge in [0.25, 0.3) is 0 Å². The van der Waals surface area contributed by atoms with Gasteiger partial charge in [-0.05, 0) is 34.7 Å². The second-order valence-electron chi connectivity index (χ2n) is 5.29. The van der Waals surface area contributed by atoms with E-state index in [2.05, 4.69) is 43.6 Å². The van der Waals surface area contributed by atoms with Crippen LogP contribution in [0.15, 0.2) is 10.8 Å². The van der Waals surface area contributed by atoms with E-state index in [9.17, 15) is 5.11 Å². The molecule has 1 saturated carbocycles. The van der Waals surface area contributed by atoms with E-state index in [4.69, 9.17) is 5.84 Å². The maximum absolute atomic E-state index is 9.78. The minimum Gasteiger partial charge on any atom is -0.394 e. The van der Waals surface area contributed by atoms with Crippen LogP contribution < -0.4 is 16.6 Å². The summed E-state index contributed by atoms with van der Waals surface area (Å²) in [5.74, 6) is 7.17. The Bertz CT molecular complexity index is 444. The zero-order chi connectivity index (χ0) is 13.9. The molecule has 106 valence electrons. The number of hydrazine groups is 1. The van der Waals surface area contributed by atoms with Crippen molar-refractivity contribution in [3.63, 3.8) is 0 Å². The lowest BCUT2D eigenvalue weighted by Crippen LogP contribution is -2.46. The number of anilines is 2. The lowest BCUT2D eigenvalue weighted by molar-refractivity contribution is 0.149. The van der Waals surface area contributed by atoms with E-state index in [0.717, 1.165) is 19.3 Å². The van der Waals surface area contributed by atoms with Crippen LogP contribution in [0, 0.1) is 5.92 Å². The quantitative estimate of drug-likeness (QED) is 0.497. The molecule has 0 bridgehead atoms. The van der Waals surface area contributed by atoms with E-state index in [1.54, 1.807) is 0 Å². The van der Waals surface area contributed by atoms with E-state index < -0.39 is 0 Å². The monoisotopic (exact) mass is 329 g/mol. The summed E-state index contributed by atoms with van der Waals surface area (Å²) in [6, 6.07) is 0. The summed E-state index contributed by atoms with van der Waals surface area (Å²) in [6.45, 7) is 2.31. The highest BCUT2D eigenvalue weighted by atomic mass is 79.9. The Balaban J connectivity index is 2.23. The van der Waals surface area contributed by atoms with Gasteiger partial charge >= 0.3 is 0 Å². The molecule has 0 saturated heterocycles. The summed E-state index contributed by atoms with van der Waals surface area (Å²) in [6.07, 6.45) is 5.64. The smallest absolute Gasteiger partial charge is 0.159 e. The van der Waals surface area contributed by atoms with Crippen molar-refractivity contribution in [2.24, 2.45) is 11.8 Å². The molecule has 0 aliphatic heterocycles. The van der Waals surface area contributed by atoms with Crippen LogP contribution in [0.2, 0.25) is 0 Å². The van der Waals surface area contributed by atoms with E-state index in [-0.39, 0.29) is 12.1 Å². The van der Waals surface area contributed by atoms with Crippen LogP contribution in [0.25, 0.3) is 0 Å². The molecule has 1 aromatic rings. The van der Waals surface area contributed by atoms with Crippen molar-refractivity contribution in [2.75, 3.05) is 17.3 Å². The Labute approximate surface area is 121 Å². The first-order valence-corrected chi connectivity index (χ1v) is 7.26. The molecule has 1 aliphatic rings. The number of nitrogens with two attached hydrogens (primary N) is 1. The number of aliphatic hydroxyl groups is 1. The Morgan fingerprint density at radius 1 is 1.53 bits per heavy atom. The third-order valence-electron chi connectivity index (χ3n) is 3.70. The lowest BCUT2D eigenvalue weighted by atomic mass is 9.77. The molecule has 2 unspecified atom stereocenters. The Hall–Kier alpha value is -0.920. The van der Waals surface area contributed by atoms with Crippen LogP contribution in [0.3, 0.4) is 0 Å². The molecule has 19 heavy (non-hydrogen) atoms. The second-order valence-corrected chi connectivity index (χ2v) is 6.09. The van der Waals surface area contributed by atoms with Crippen molar-refractivity contribution >= 4 is 27.6 Å². The molecule has 0 radical (unpaired) electrons. The Kier molecular flexibility index (Phi) is 4.59. The van der Waals surface area contributed by atoms with Crippen molar-refractivity contribution in [3.05, 3.63) is 10.8 Å². The maximum Gasteiger partial charge on any atom is 0.159 e. The number of nitrogens with zero attached hydrogens (tertiary/aromatic N) is 2. The van der Waals surface area contributed by atoms with Gasteiger partial charge in [0.15, 0.2) is 5.82 Å². The molecule has 5 N–H and O–H groups in total. The fraction of sp³-hybridized carbons (Fsp3) is 0.667. The Morgan fingerprint density at radius 3 is 2.89 bits per heavy atom. The average Bonchev–Trinajstić information content (AvgIpc) is 2.41. The largest absolute Gasteiger partial charge is 0.394 e. The minimum atomic E-state index is -0.305. The molecule has 1 heterocycles. The molecule has 0 aromatic carbocycles. The molecular weight excluding hydrogens is 310 g/mol. The molecule has 6 nitrogen and oxygen atoms in total. The molecule has 1 aromatic heterocycles. The number of hydrogen-bond donors (Lipinski definition) is 4. The van der Waals surface area contributed by atoms with Gasteiger partial charge in [-0.1, -0.05) is 19.8 Å². The van der Waals surface area contributed by atoms with Crippen LogP contribution in [0.5, 0.6) is 0 Å². The highest BCUT2D eigenvalue weighted by Gasteiger charge is 2.35. The van der Waals surface area contributed by atoms with Crippen LogP contribution in [-0.2, 0) is 0 Å². The number of aliphatic hydroxyl groups excluding tert-OH is 1.